The van der Waals surface area contributed by atoms with Crippen LogP contribution in [-0.4, -0.2) is 0 Å². The summed E-state index contributed by atoms with van der Waals surface area (Å²) in [6.45, 7) is 2.04. The van der Waals surface area contributed by atoms with E-state index in [1.807, 2.05) is 19.1 Å². The molecule has 2 N–H and O–H groups in total. The molecule has 0 aromatic heterocycles. The minimum atomic E-state index is 0.856. The topological polar surface area (TPSA) is 26.0 Å². The van der Waals surface area contributed by atoms with Crippen molar-refractivity contribution in [3.05, 3.63) is 54.1 Å². The zero-order chi connectivity index (χ0) is 10.7. The van der Waals surface area contributed by atoms with Crippen molar-refractivity contribution in [1.82, 2.24) is 0 Å². The van der Waals surface area contributed by atoms with Crippen LogP contribution in [0.5, 0.6) is 0 Å². The summed E-state index contributed by atoms with van der Waals surface area (Å²) in [5.74, 6) is 0. The van der Waals surface area contributed by atoms with E-state index in [2.05, 4.69) is 36.4 Å². The molecule has 2 aromatic rings. The van der Waals surface area contributed by atoms with Gasteiger partial charge in [-0.1, -0.05) is 42.5 Å². The minimum absolute atomic E-state index is 0.856. The third-order valence-corrected chi connectivity index (χ3v) is 2.62. The Morgan fingerprint density at radius 1 is 1.07 bits per heavy atom. The first-order chi connectivity index (χ1) is 7.33. The summed E-state index contributed by atoms with van der Waals surface area (Å²) in [6, 6.07) is 12.4. The first-order valence-corrected chi connectivity index (χ1v) is 5.20. The van der Waals surface area contributed by atoms with Gasteiger partial charge in [-0.05, 0) is 30.4 Å². The van der Waals surface area contributed by atoms with Gasteiger partial charge in [-0.15, -0.1) is 0 Å². The van der Waals surface area contributed by atoms with Crippen molar-refractivity contribution < 1.29 is 0 Å². The van der Waals surface area contributed by atoms with Gasteiger partial charge in [0.1, 0.15) is 0 Å². The van der Waals surface area contributed by atoms with Crippen LogP contribution in [0.1, 0.15) is 12.5 Å². The van der Waals surface area contributed by atoms with E-state index in [0.29, 0.717) is 0 Å². The molecule has 0 saturated heterocycles. The van der Waals surface area contributed by atoms with Gasteiger partial charge in [-0.25, -0.2) is 0 Å². The van der Waals surface area contributed by atoms with Gasteiger partial charge >= 0.3 is 0 Å². The summed E-state index contributed by atoms with van der Waals surface area (Å²) in [6.07, 6.45) is 5.21. The molecular formula is C14H15N. The quantitative estimate of drug-likeness (QED) is 0.578. The molecule has 0 fully saturated rings. The number of fused-ring (bicyclic) bond motifs is 1. The van der Waals surface area contributed by atoms with Crippen LogP contribution < -0.4 is 5.73 Å². The lowest BCUT2D eigenvalue weighted by Crippen LogP contribution is -1.90. The zero-order valence-electron chi connectivity index (χ0n) is 8.90. The van der Waals surface area contributed by atoms with Crippen molar-refractivity contribution in [1.29, 1.82) is 0 Å². The normalized spacial score (nSPS) is 11.3. The van der Waals surface area contributed by atoms with Crippen LogP contribution in [0.3, 0.4) is 0 Å². The van der Waals surface area contributed by atoms with Crippen molar-refractivity contribution >= 4 is 16.5 Å². The lowest BCUT2D eigenvalue weighted by Gasteiger charge is -2.06. The minimum Gasteiger partial charge on any atom is -0.398 e. The number of allylic oxidation sites excluding steroid dienone is 2. The van der Waals surface area contributed by atoms with Gasteiger partial charge in [0.2, 0.25) is 0 Å². The van der Waals surface area contributed by atoms with E-state index >= 15 is 0 Å². The van der Waals surface area contributed by atoms with E-state index in [0.717, 1.165) is 17.5 Å². The maximum absolute atomic E-state index is 5.94. The van der Waals surface area contributed by atoms with E-state index in [1.54, 1.807) is 0 Å². The van der Waals surface area contributed by atoms with E-state index in [1.165, 1.54) is 10.9 Å². The second-order valence-electron chi connectivity index (χ2n) is 3.63. The molecule has 1 heteroatoms. The summed E-state index contributed by atoms with van der Waals surface area (Å²) in [5.41, 5.74) is 8.12. The Hall–Kier alpha value is -1.76. The molecule has 0 radical (unpaired) electrons. The molecule has 0 unspecified atom stereocenters. The molecule has 2 rings (SSSR count). The lowest BCUT2D eigenvalue weighted by atomic mass is 10.0. The average Bonchev–Trinajstić information content (AvgIpc) is 2.29. The van der Waals surface area contributed by atoms with E-state index < -0.39 is 0 Å². The highest BCUT2D eigenvalue weighted by Gasteiger charge is 2.01. The van der Waals surface area contributed by atoms with Gasteiger partial charge in [0, 0.05) is 11.1 Å². The van der Waals surface area contributed by atoms with Gasteiger partial charge in [0.05, 0.1) is 0 Å². The molecule has 1 nitrogen and oxygen atoms in total. The Kier molecular flexibility index (Phi) is 2.72. The fraction of sp³-hybridized carbons (Fsp3) is 0.143. The SMILES string of the molecule is C/C=C/Cc1ccc(N)c2ccccc12. The van der Waals surface area contributed by atoms with Crippen molar-refractivity contribution in [2.24, 2.45) is 0 Å². The smallest absolute Gasteiger partial charge is 0.0393 e. The Morgan fingerprint density at radius 2 is 1.80 bits per heavy atom. The molecule has 0 amide bonds. The molecule has 0 aliphatic carbocycles. The highest BCUT2D eigenvalue weighted by Crippen LogP contribution is 2.24. The Labute approximate surface area is 90.2 Å². The number of anilines is 1. The van der Waals surface area contributed by atoms with Crippen LogP contribution in [0.2, 0.25) is 0 Å². The van der Waals surface area contributed by atoms with Crippen LogP contribution in [0.25, 0.3) is 10.8 Å². The van der Waals surface area contributed by atoms with Gasteiger partial charge in [0.25, 0.3) is 0 Å². The van der Waals surface area contributed by atoms with Crippen LogP contribution in [-0.2, 0) is 6.42 Å². The third kappa shape index (κ3) is 1.86. The molecule has 0 spiro atoms. The summed E-state index contributed by atoms with van der Waals surface area (Å²) in [4.78, 5) is 0. The summed E-state index contributed by atoms with van der Waals surface area (Å²) in [5, 5.41) is 2.41. The second-order valence-corrected chi connectivity index (χ2v) is 3.63. The summed E-state index contributed by atoms with van der Waals surface area (Å²) < 4.78 is 0. The van der Waals surface area contributed by atoms with Crippen molar-refractivity contribution in [3.8, 4) is 0 Å². The van der Waals surface area contributed by atoms with Gasteiger partial charge in [0.15, 0.2) is 0 Å². The maximum Gasteiger partial charge on any atom is 0.0393 e. The molecule has 0 saturated carbocycles. The van der Waals surface area contributed by atoms with Gasteiger partial charge < -0.3 is 5.73 Å². The fourth-order valence-corrected chi connectivity index (χ4v) is 1.81. The summed E-state index contributed by atoms with van der Waals surface area (Å²) >= 11 is 0. The molecular weight excluding hydrogens is 182 g/mol. The monoisotopic (exact) mass is 197 g/mol. The van der Waals surface area contributed by atoms with Crippen LogP contribution in [0.4, 0.5) is 5.69 Å². The number of hydrogen-bond donors (Lipinski definition) is 1. The van der Waals surface area contributed by atoms with Crippen LogP contribution in [0.15, 0.2) is 48.6 Å². The summed E-state index contributed by atoms with van der Waals surface area (Å²) in [7, 11) is 0. The molecule has 0 aliphatic rings. The average molecular weight is 197 g/mol. The number of benzene rings is 2. The zero-order valence-corrected chi connectivity index (χ0v) is 8.90. The number of nitrogen functional groups attached to an aromatic ring is 1. The van der Waals surface area contributed by atoms with Crippen LogP contribution >= 0.6 is 0 Å². The third-order valence-electron chi connectivity index (χ3n) is 2.62. The van der Waals surface area contributed by atoms with E-state index in [4.69, 9.17) is 5.73 Å². The first-order valence-electron chi connectivity index (χ1n) is 5.20. The van der Waals surface area contributed by atoms with Crippen LogP contribution in [0, 0.1) is 0 Å². The predicted molar refractivity (Wildman–Crippen MR) is 66.9 cm³/mol. The molecule has 15 heavy (non-hydrogen) atoms. The fourth-order valence-electron chi connectivity index (χ4n) is 1.81. The first kappa shape index (κ1) is 9.78. The molecule has 0 bridgehead atoms. The number of rotatable bonds is 2. The van der Waals surface area contributed by atoms with Gasteiger partial charge in [-0.3, -0.25) is 0 Å². The van der Waals surface area contributed by atoms with Gasteiger partial charge in [-0.2, -0.15) is 0 Å². The molecule has 2 aromatic carbocycles. The highest BCUT2D eigenvalue weighted by atomic mass is 14.5. The molecule has 0 atom stereocenters. The molecule has 76 valence electrons. The predicted octanol–water partition coefficient (Wildman–Crippen LogP) is 3.54. The number of nitrogens with two attached hydrogens (primary N) is 1. The Bertz CT molecular complexity index is 498. The molecule has 0 heterocycles. The number of hydrogen-bond acceptors (Lipinski definition) is 1. The van der Waals surface area contributed by atoms with E-state index in [-0.39, 0.29) is 0 Å². The maximum atomic E-state index is 5.94. The van der Waals surface area contributed by atoms with Crippen molar-refractivity contribution in [2.45, 2.75) is 13.3 Å². The Balaban J connectivity index is 2.61. The molecule has 0 aliphatic heterocycles. The largest absolute Gasteiger partial charge is 0.398 e. The van der Waals surface area contributed by atoms with E-state index in [9.17, 15) is 0 Å². The Morgan fingerprint density at radius 3 is 2.53 bits per heavy atom. The standard InChI is InChI=1S/C14H15N/c1-2-3-6-11-9-10-14(15)13-8-5-4-7-12(11)13/h2-5,7-10H,6,15H2,1H3/b3-2+. The lowest BCUT2D eigenvalue weighted by molar-refractivity contribution is 1.29. The van der Waals surface area contributed by atoms with Crippen molar-refractivity contribution in [2.75, 3.05) is 5.73 Å². The highest BCUT2D eigenvalue weighted by molar-refractivity contribution is 5.95. The van der Waals surface area contributed by atoms with Crippen molar-refractivity contribution in [3.63, 3.8) is 0 Å². The second kappa shape index (κ2) is 4.18.